The summed E-state index contributed by atoms with van der Waals surface area (Å²) in [4.78, 5) is 10.3. The zero-order valence-electron chi connectivity index (χ0n) is 5.75. The molecule has 11 heavy (non-hydrogen) atoms. The van der Waals surface area contributed by atoms with Gasteiger partial charge in [-0.2, -0.15) is 0 Å². The Bertz CT molecular complexity index is 262. The summed E-state index contributed by atoms with van der Waals surface area (Å²) in [5.41, 5.74) is 0.143. The molecule has 0 atom stereocenters. The first-order valence-corrected chi connectivity index (χ1v) is 3.07. The van der Waals surface area contributed by atoms with Crippen LogP contribution in [0.4, 0.5) is 0 Å². The monoisotopic (exact) mass is 358 g/mol. The molecule has 0 spiro atoms. The molecule has 0 aromatic heterocycles. The van der Waals surface area contributed by atoms with E-state index in [1.165, 1.54) is 6.07 Å². The number of rotatable bonds is 1. The molecule has 1 aromatic rings. The van der Waals surface area contributed by atoms with Crippen molar-refractivity contribution in [2.24, 2.45) is 0 Å². The molecule has 1 N–H and O–H groups in total. The third-order valence-electron chi connectivity index (χ3n) is 1.10. The first-order chi connectivity index (χ1) is 4.72. The van der Waals surface area contributed by atoms with E-state index in [0.717, 1.165) is 0 Å². The number of benzene rings is 1. The molecule has 0 aliphatic carbocycles. The minimum absolute atomic E-state index is 0. The molecule has 1 rings (SSSR count). The second-order valence-corrected chi connectivity index (χ2v) is 2.19. The number of hydrogen-bond acceptors (Lipinski definition) is 1. The molecular formula is C7H5ClHgO2. The minimum atomic E-state index is -0.995. The van der Waals surface area contributed by atoms with E-state index in [4.69, 9.17) is 16.7 Å². The fourth-order valence-electron chi connectivity index (χ4n) is 0.635. The predicted molar refractivity (Wildman–Crippen MR) is 38.4 cm³/mol. The van der Waals surface area contributed by atoms with Crippen LogP contribution in [-0.4, -0.2) is 11.1 Å². The average Bonchev–Trinajstić information content (AvgIpc) is 1.88. The van der Waals surface area contributed by atoms with E-state index in [9.17, 15) is 4.79 Å². The average molecular weight is 357 g/mol. The molecule has 0 aliphatic heterocycles. The van der Waals surface area contributed by atoms with Gasteiger partial charge in [-0.05, 0) is 12.1 Å². The fourth-order valence-corrected chi connectivity index (χ4v) is 0.851. The standard InChI is InChI=1S/C7H5ClO2.Hg/c8-6-4-2-1-3-5(6)7(9)10;/h1-4H,(H,9,10);. The zero-order chi connectivity index (χ0) is 7.56. The topological polar surface area (TPSA) is 37.3 Å². The Morgan fingerprint density at radius 2 is 1.91 bits per heavy atom. The smallest absolute Gasteiger partial charge is 0.337 e. The van der Waals surface area contributed by atoms with Crippen LogP contribution in [0, 0.1) is 0 Å². The Balaban J connectivity index is 0.000001000. The molecule has 0 aliphatic rings. The normalized spacial score (nSPS) is 8.45. The van der Waals surface area contributed by atoms with Gasteiger partial charge in [0.15, 0.2) is 0 Å². The van der Waals surface area contributed by atoms with Gasteiger partial charge < -0.3 is 5.11 Å². The van der Waals surface area contributed by atoms with E-state index in [0.29, 0.717) is 0 Å². The molecule has 0 unspecified atom stereocenters. The van der Waals surface area contributed by atoms with Crippen LogP contribution in [0.15, 0.2) is 24.3 Å². The molecule has 0 heterocycles. The van der Waals surface area contributed by atoms with E-state index in [2.05, 4.69) is 0 Å². The van der Waals surface area contributed by atoms with Crippen molar-refractivity contribution < 1.29 is 37.6 Å². The van der Waals surface area contributed by atoms with Crippen molar-refractivity contribution in [3.63, 3.8) is 0 Å². The summed E-state index contributed by atoms with van der Waals surface area (Å²) in [6, 6.07) is 6.33. The third-order valence-corrected chi connectivity index (χ3v) is 1.43. The van der Waals surface area contributed by atoms with Crippen LogP contribution in [0.3, 0.4) is 0 Å². The third kappa shape index (κ3) is 2.79. The van der Waals surface area contributed by atoms with Crippen molar-refractivity contribution in [3.8, 4) is 0 Å². The van der Waals surface area contributed by atoms with Gasteiger partial charge >= 0.3 is 5.97 Å². The Morgan fingerprint density at radius 3 is 2.27 bits per heavy atom. The molecule has 54 valence electrons. The van der Waals surface area contributed by atoms with Gasteiger partial charge in [-0.1, -0.05) is 23.7 Å². The van der Waals surface area contributed by atoms with Gasteiger partial charge in [0.25, 0.3) is 0 Å². The molecule has 0 fully saturated rings. The number of carboxylic acids is 1. The maximum absolute atomic E-state index is 10.3. The molecule has 0 saturated carbocycles. The summed E-state index contributed by atoms with van der Waals surface area (Å²) in [6.07, 6.45) is 0. The van der Waals surface area contributed by atoms with Gasteiger partial charge in [0.05, 0.1) is 10.6 Å². The van der Waals surface area contributed by atoms with Crippen molar-refractivity contribution in [3.05, 3.63) is 34.9 Å². The van der Waals surface area contributed by atoms with Crippen LogP contribution in [0.5, 0.6) is 0 Å². The molecule has 2 nitrogen and oxygen atoms in total. The van der Waals surface area contributed by atoms with Crippen molar-refractivity contribution >= 4 is 17.6 Å². The van der Waals surface area contributed by atoms with Crippen LogP contribution >= 0.6 is 11.6 Å². The molecule has 1 aromatic carbocycles. The predicted octanol–water partition coefficient (Wildman–Crippen LogP) is 2.04. The number of carbonyl (C=O) groups is 1. The van der Waals surface area contributed by atoms with Crippen molar-refractivity contribution in [2.45, 2.75) is 0 Å². The molecule has 4 heteroatoms. The van der Waals surface area contributed by atoms with Gasteiger partial charge in [-0.15, -0.1) is 0 Å². The quantitative estimate of drug-likeness (QED) is 0.782. The van der Waals surface area contributed by atoms with Crippen LogP contribution in [0.1, 0.15) is 10.4 Å². The Kier molecular flexibility index (Phi) is 4.69. The Labute approximate surface area is 89.7 Å². The van der Waals surface area contributed by atoms with Gasteiger partial charge in [-0.3, -0.25) is 0 Å². The first kappa shape index (κ1) is 10.9. The molecule has 0 amide bonds. The van der Waals surface area contributed by atoms with Gasteiger partial charge in [-0.25, -0.2) is 4.79 Å². The summed E-state index contributed by atoms with van der Waals surface area (Å²) in [7, 11) is 0. The summed E-state index contributed by atoms with van der Waals surface area (Å²) < 4.78 is 0. The summed E-state index contributed by atoms with van der Waals surface area (Å²) in [6.45, 7) is 0. The summed E-state index contributed by atoms with van der Waals surface area (Å²) in [5, 5.41) is 8.75. The maximum Gasteiger partial charge on any atom is 0.337 e. The Morgan fingerprint density at radius 1 is 1.36 bits per heavy atom. The first-order valence-electron chi connectivity index (χ1n) is 2.69. The molecule has 0 bridgehead atoms. The van der Waals surface area contributed by atoms with E-state index >= 15 is 0 Å². The SMILES string of the molecule is O=C(O)c1ccccc1Cl.[Hg]. The van der Waals surface area contributed by atoms with Crippen molar-refractivity contribution in [1.82, 2.24) is 0 Å². The van der Waals surface area contributed by atoms with Gasteiger partial charge in [0.1, 0.15) is 0 Å². The fraction of sp³-hybridized carbons (Fsp3) is 0. The van der Waals surface area contributed by atoms with Gasteiger partial charge in [0, 0.05) is 27.7 Å². The largest absolute Gasteiger partial charge is 0.478 e. The van der Waals surface area contributed by atoms with Crippen molar-refractivity contribution in [1.29, 1.82) is 0 Å². The summed E-state index contributed by atoms with van der Waals surface area (Å²) in [5.74, 6) is -0.995. The Hall–Kier alpha value is -0.0849. The maximum atomic E-state index is 10.3. The number of aromatic carboxylic acids is 1. The minimum Gasteiger partial charge on any atom is -0.478 e. The number of carboxylic acid groups (broad SMARTS) is 1. The summed E-state index contributed by atoms with van der Waals surface area (Å²) >= 11 is 5.54. The van der Waals surface area contributed by atoms with Crippen LogP contribution in [-0.2, 0) is 27.7 Å². The van der Waals surface area contributed by atoms with E-state index in [1.54, 1.807) is 18.2 Å². The van der Waals surface area contributed by atoms with Gasteiger partial charge in [0.2, 0.25) is 0 Å². The van der Waals surface area contributed by atoms with Crippen molar-refractivity contribution in [2.75, 3.05) is 0 Å². The second kappa shape index (κ2) is 4.72. The second-order valence-electron chi connectivity index (χ2n) is 1.78. The molecular weight excluding hydrogens is 352 g/mol. The number of halogens is 1. The van der Waals surface area contributed by atoms with E-state index < -0.39 is 5.97 Å². The molecule has 0 saturated heterocycles. The molecule has 0 radical (unpaired) electrons. The van der Waals surface area contributed by atoms with Crippen LogP contribution in [0.25, 0.3) is 0 Å². The zero-order valence-corrected chi connectivity index (χ0v) is 12.0. The van der Waals surface area contributed by atoms with E-state index in [1.807, 2.05) is 0 Å². The number of hydrogen-bond donors (Lipinski definition) is 1. The van der Waals surface area contributed by atoms with E-state index in [-0.39, 0.29) is 38.3 Å². The van der Waals surface area contributed by atoms with Crippen LogP contribution < -0.4 is 0 Å². The van der Waals surface area contributed by atoms with Crippen LogP contribution in [0.2, 0.25) is 5.02 Å².